The molecule has 0 unspecified atom stereocenters. The van der Waals surface area contributed by atoms with E-state index in [1.807, 2.05) is 0 Å². The van der Waals surface area contributed by atoms with Gasteiger partial charge in [-0.25, -0.2) is 0 Å². The van der Waals surface area contributed by atoms with E-state index in [1.54, 1.807) is 17.2 Å². The lowest BCUT2D eigenvalue weighted by atomic mass is 10.1. The Hall–Kier alpha value is -1.65. The van der Waals surface area contributed by atoms with Gasteiger partial charge in [-0.05, 0) is 6.07 Å². The first-order valence-corrected chi connectivity index (χ1v) is 4.58. The molecule has 1 amide bonds. The second-order valence-corrected chi connectivity index (χ2v) is 3.30. The zero-order valence-corrected chi connectivity index (χ0v) is 7.69. The predicted molar refractivity (Wildman–Crippen MR) is 48.7 cm³/mol. The third-order valence-electron chi connectivity index (χ3n) is 2.34. The maximum atomic E-state index is 11.7. The van der Waals surface area contributed by atoms with Crippen LogP contribution in [0.3, 0.4) is 0 Å². The Balaban J connectivity index is 2.03. The molecule has 1 aliphatic rings. The van der Waals surface area contributed by atoms with Gasteiger partial charge in [-0.3, -0.25) is 14.7 Å². The molecular formula is C9H11N3O2. The number of Topliss-reactive ketones (excluding diaryl/α,β-unsaturated/α-hetero) is 1. The Kier molecular flexibility index (Phi) is 2.30. The number of carbonyl (C=O) groups excluding carboxylic acids is 2. The number of ketones is 1. The zero-order valence-electron chi connectivity index (χ0n) is 7.69. The molecule has 1 aromatic rings. The molecule has 0 aromatic carbocycles. The van der Waals surface area contributed by atoms with Crippen LogP contribution in [0.25, 0.3) is 0 Å². The number of carbonyl (C=O) groups is 2. The van der Waals surface area contributed by atoms with E-state index >= 15 is 0 Å². The van der Waals surface area contributed by atoms with Crippen molar-refractivity contribution in [2.24, 2.45) is 0 Å². The fourth-order valence-corrected chi connectivity index (χ4v) is 1.50. The maximum Gasteiger partial charge on any atom is 0.271 e. The van der Waals surface area contributed by atoms with Crippen molar-refractivity contribution in [3.05, 3.63) is 18.0 Å². The van der Waals surface area contributed by atoms with Crippen LogP contribution in [0.2, 0.25) is 0 Å². The molecule has 0 saturated carbocycles. The summed E-state index contributed by atoms with van der Waals surface area (Å²) in [6.07, 6.45) is 2.49. The summed E-state index contributed by atoms with van der Waals surface area (Å²) >= 11 is 0. The monoisotopic (exact) mass is 193 g/mol. The third-order valence-corrected chi connectivity index (χ3v) is 2.34. The number of H-pyrrole nitrogens is 1. The first-order valence-electron chi connectivity index (χ1n) is 4.58. The van der Waals surface area contributed by atoms with Crippen LogP contribution in [0.1, 0.15) is 23.3 Å². The highest BCUT2D eigenvalue weighted by atomic mass is 16.2. The molecule has 0 spiro atoms. The lowest BCUT2D eigenvalue weighted by molar-refractivity contribution is -0.120. The Labute approximate surface area is 81.1 Å². The van der Waals surface area contributed by atoms with Crippen molar-refractivity contribution in [1.82, 2.24) is 15.1 Å². The van der Waals surface area contributed by atoms with Crippen molar-refractivity contribution in [3.63, 3.8) is 0 Å². The molecule has 0 aliphatic carbocycles. The molecular weight excluding hydrogens is 182 g/mol. The lowest BCUT2D eigenvalue weighted by Gasteiger charge is -2.25. The van der Waals surface area contributed by atoms with E-state index in [4.69, 9.17) is 0 Å². The standard InChI is InChI=1S/C9H11N3O2/c13-7-2-5-12(6-3-7)9(14)8-1-4-10-11-8/h1,4H,2-3,5-6H2,(H,10,11). The predicted octanol–water partition coefficient (Wildman–Crippen LogP) is 0.215. The summed E-state index contributed by atoms with van der Waals surface area (Å²) in [5, 5.41) is 6.33. The van der Waals surface area contributed by atoms with Gasteiger partial charge < -0.3 is 4.90 Å². The summed E-state index contributed by atoms with van der Waals surface area (Å²) in [4.78, 5) is 24.3. The maximum absolute atomic E-state index is 11.7. The van der Waals surface area contributed by atoms with E-state index in [9.17, 15) is 9.59 Å². The quantitative estimate of drug-likeness (QED) is 0.693. The van der Waals surface area contributed by atoms with Crippen molar-refractivity contribution in [3.8, 4) is 0 Å². The molecule has 1 fully saturated rings. The molecule has 1 saturated heterocycles. The molecule has 5 heteroatoms. The summed E-state index contributed by atoms with van der Waals surface area (Å²) in [6.45, 7) is 1.05. The highest BCUT2D eigenvalue weighted by molar-refractivity contribution is 5.93. The minimum Gasteiger partial charge on any atom is -0.336 e. The largest absolute Gasteiger partial charge is 0.336 e. The number of aromatic amines is 1. The van der Waals surface area contributed by atoms with Gasteiger partial charge in [-0.2, -0.15) is 5.10 Å². The molecule has 74 valence electrons. The summed E-state index contributed by atoms with van der Waals surface area (Å²) < 4.78 is 0. The number of nitrogens with zero attached hydrogens (tertiary/aromatic N) is 2. The molecule has 5 nitrogen and oxygen atoms in total. The van der Waals surface area contributed by atoms with Crippen LogP contribution in [0.15, 0.2) is 12.3 Å². The minimum atomic E-state index is -0.0741. The number of amides is 1. The molecule has 1 aliphatic heterocycles. The summed E-state index contributed by atoms with van der Waals surface area (Å²) in [5.41, 5.74) is 0.486. The number of hydrogen-bond acceptors (Lipinski definition) is 3. The van der Waals surface area contributed by atoms with E-state index in [2.05, 4.69) is 10.2 Å². The average molecular weight is 193 g/mol. The molecule has 1 N–H and O–H groups in total. The number of rotatable bonds is 1. The summed E-state index contributed by atoms with van der Waals surface area (Å²) in [5.74, 6) is 0.161. The van der Waals surface area contributed by atoms with E-state index in [-0.39, 0.29) is 11.7 Å². The molecule has 1 aromatic heterocycles. The smallest absolute Gasteiger partial charge is 0.271 e. The van der Waals surface area contributed by atoms with Crippen LogP contribution in [0, 0.1) is 0 Å². The van der Waals surface area contributed by atoms with Gasteiger partial charge in [0, 0.05) is 32.1 Å². The van der Waals surface area contributed by atoms with Gasteiger partial charge >= 0.3 is 0 Å². The SMILES string of the molecule is O=C1CCN(C(=O)c2ccn[nH]2)CC1. The number of likely N-dealkylation sites (tertiary alicyclic amines) is 1. The highest BCUT2D eigenvalue weighted by Crippen LogP contribution is 2.09. The average Bonchev–Trinajstić information content (AvgIpc) is 2.71. The topological polar surface area (TPSA) is 66.1 Å². The van der Waals surface area contributed by atoms with Crippen molar-refractivity contribution in [2.75, 3.05) is 13.1 Å². The van der Waals surface area contributed by atoms with Crippen LogP contribution < -0.4 is 0 Å². The summed E-state index contributed by atoms with van der Waals surface area (Å²) in [6, 6.07) is 1.64. The van der Waals surface area contributed by atoms with Gasteiger partial charge in [0.2, 0.25) is 0 Å². The molecule has 2 heterocycles. The number of nitrogens with one attached hydrogen (secondary N) is 1. The molecule has 0 bridgehead atoms. The Morgan fingerprint density at radius 1 is 1.43 bits per heavy atom. The number of piperidine rings is 1. The van der Waals surface area contributed by atoms with Gasteiger partial charge in [0.15, 0.2) is 0 Å². The van der Waals surface area contributed by atoms with Crippen molar-refractivity contribution < 1.29 is 9.59 Å². The molecule has 14 heavy (non-hydrogen) atoms. The second kappa shape index (κ2) is 3.61. The van der Waals surface area contributed by atoms with E-state index in [0.717, 1.165) is 0 Å². The van der Waals surface area contributed by atoms with Gasteiger partial charge in [0.25, 0.3) is 5.91 Å². The number of hydrogen-bond donors (Lipinski definition) is 1. The number of aromatic nitrogens is 2. The summed E-state index contributed by atoms with van der Waals surface area (Å²) in [7, 11) is 0. The van der Waals surface area contributed by atoms with Crippen LogP contribution in [-0.4, -0.2) is 39.9 Å². The first kappa shape index (κ1) is 8.93. The lowest BCUT2D eigenvalue weighted by Crippen LogP contribution is -2.38. The Bertz CT molecular complexity index is 335. The first-order chi connectivity index (χ1) is 6.77. The van der Waals surface area contributed by atoms with E-state index in [0.29, 0.717) is 31.6 Å². The normalized spacial score (nSPS) is 17.1. The second-order valence-electron chi connectivity index (χ2n) is 3.30. The van der Waals surface area contributed by atoms with Crippen LogP contribution in [-0.2, 0) is 4.79 Å². The molecule has 0 radical (unpaired) electrons. The fourth-order valence-electron chi connectivity index (χ4n) is 1.50. The van der Waals surface area contributed by atoms with Crippen LogP contribution in [0.5, 0.6) is 0 Å². The van der Waals surface area contributed by atoms with Crippen molar-refractivity contribution in [2.45, 2.75) is 12.8 Å². The van der Waals surface area contributed by atoms with Crippen molar-refractivity contribution >= 4 is 11.7 Å². The molecule has 0 atom stereocenters. The minimum absolute atomic E-state index is 0.0741. The van der Waals surface area contributed by atoms with Gasteiger partial charge in [0.05, 0.1) is 0 Å². The van der Waals surface area contributed by atoms with Gasteiger partial charge in [-0.15, -0.1) is 0 Å². The van der Waals surface area contributed by atoms with Crippen LogP contribution >= 0.6 is 0 Å². The van der Waals surface area contributed by atoms with Crippen molar-refractivity contribution in [1.29, 1.82) is 0 Å². The Morgan fingerprint density at radius 2 is 2.14 bits per heavy atom. The van der Waals surface area contributed by atoms with Crippen LogP contribution in [0.4, 0.5) is 0 Å². The Morgan fingerprint density at radius 3 is 2.71 bits per heavy atom. The van der Waals surface area contributed by atoms with Gasteiger partial charge in [0.1, 0.15) is 11.5 Å². The third kappa shape index (κ3) is 1.66. The van der Waals surface area contributed by atoms with E-state index in [1.165, 1.54) is 0 Å². The fraction of sp³-hybridized carbons (Fsp3) is 0.444. The highest BCUT2D eigenvalue weighted by Gasteiger charge is 2.22. The molecule has 2 rings (SSSR count). The van der Waals surface area contributed by atoms with E-state index < -0.39 is 0 Å². The van der Waals surface area contributed by atoms with Gasteiger partial charge in [-0.1, -0.05) is 0 Å². The zero-order chi connectivity index (χ0) is 9.97.